The van der Waals surface area contributed by atoms with Crippen LogP contribution in [-0.4, -0.2) is 27.6 Å². The highest BCUT2D eigenvalue weighted by Crippen LogP contribution is 2.30. The van der Waals surface area contributed by atoms with Crippen molar-refractivity contribution < 1.29 is 9.53 Å². The number of aromatic nitrogens is 3. The van der Waals surface area contributed by atoms with Gasteiger partial charge >= 0.3 is 11.7 Å². The van der Waals surface area contributed by atoms with Crippen LogP contribution < -0.4 is 5.69 Å². The number of carbonyl (C=O) groups is 1. The number of hydrogen-bond donors (Lipinski definition) is 1. The van der Waals surface area contributed by atoms with Crippen LogP contribution in [0.25, 0.3) is 11.2 Å². The van der Waals surface area contributed by atoms with E-state index in [0.29, 0.717) is 12.5 Å². The molecule has 132 valence electrons. The lowest BCUT2D eigenvalue weighted by molar-refractivity contribution is -0.146. The van der Waals surface area contributed by atoms with E-state index in [2.05, 4.69) is 9.97 Å². The van der Waals surface area contributed by atoms with Crippen LogP contribution in [0.2, 0.25) is 0 Å². The molecule has 0 unspecified atom stereocenters. The van der Waals surface area contributed by atoms with Crippen LogP contribution in [0.5, 0.6) is 0 Å². The molecule has 2 aromatic rings. The fourth-order valence-electron chi connectivity index (χ4n) is 3.30. The van der Waals surface area contributed by atoms with Crippen molar-refractivity contribution in [2.75, 3.05) is 7.11 Å². The molecule has 0 aliphatic heterocycles. The van der Waals surface area contributed by atoms with Gasteiger partial charge in [-0.05, 0) is 50.7 Å². The third-order valence-electron chi connectivity index (χ3n) is 4.58. The molecule has 2 aromatic heterocycles. The maximum atomic E-state index is 12.1. The molecule has 1 N–H and O–H groups in total. The summed E-state index contributed by atoms with van der Waals surface area (Å²) in [5.41, 5.74) is 2.29. The molecule has 1 aliphatic carbocycles. The Kier molecular flexibility index (Phi) is 6.17. The van der Waals surface area contributed by atoms with Crippen LogP contribution >= 0.6 is 0 Å². The molecule has 0 radical (unpaired) electrons. The van der Waals surface area contributed by atoms with Gasteiger partial charge in [-0.3, -0.25) is 9.36 Å². The fourth-order valence-corrected chi connectivity index (χ4v) is 3.30. The van der Waals surface area contributed by atoms with Crippen molar-refractivity contribution in [3.63, 3.8) is 0 Å². The molecule has 1 fully saturated rings. The van der Waals surface area contributed by atoms with E-state index >= 15 is 0 Å². The van der Waals surface area contributed by atoms with Gasteiger partial charge in [-0.15, -0.1) is 0 Å². The summed E-state index contributed by atoms with van der Waals surface area (Å²) in [4.78, 5) is 31.0. The number of nitrogens with zero attached hydrogens (tertiary/aromatic N) is 2. The van der Waals surface area contributed by atoms with Crippen LogP contribution in [0.3, 0.4) is 0 Å². The summed E-state index contributed by atoms with van der Waals surface area (Å²) in [6.07, 6.45) is 3.54. The maximum Gasteiger partial charge on any atom is 0.327 e. The second-order valence-electron chi connectivity index (χ2n) is 6.11. The lowest BCUT2D eigenvalue weighted by atomic mass is 9.82. The normalized spacial score (nSPS) is 20.3. The molecule has 0 atom stereocenters. The van der Waals surface area contributed by atoms with E-state index in [0.717, 1.165) is 42.5 Å². The second-order valence-corrected chi connectivity index (χ2v) is 6.11. The quantitative estimate of drug-likeness (QED) is 0.876. The van der Waals surface area contributed by atoms with Crippen molar-refractivity contribution in [2.45, 2.75) is 53.0 Å². The highest BCUT2D eigenvalue weighted by molar-refractivity contribution is 5.72. The van der Waals surface area contributed by atoms with Gasteiger partial charge < -0.3 is 9.72 Å². The fraction of sp³-hybridized carbons (Fsp3) is 0.611. The molecular formula is C18H27N3O3. The average Bonchev–Trinajstić information content (AvgIpc) is 2.92. The molecule has 3 rings (SSSR count). The monoisotopic (exact) mass is 333 g/mol. The highest BCUT2D eigenvalue weighted by Gasteiger charge is 2.27. The van der Waals surface area contributed by atoms with Crippen LogP contribution in [0.1, 0.15) is 45.2 Å². The third-order valence-corrected chi connectivity index (χ3v) is 4.58. The Morgan fingerprint density at radius 2 is 1.96 bits per heavy atom. The van der Waals surface area contributed by atoms with Gasteiger partial charge in [0, 0.05) is 12.2 Å². The Morgan fingerprint density at radius 3 is 2.58 bits per heavy atom. The Bertz CT molecular complexity index is 740. The van der Waals surface area contributed by atoms with Crippen molar-refractivity contribution >= 4 is 17.1 Å². The SMILES string of the molecule is CC.COC(=O)C1CCC(Cn2c(=O)[nH]c3ccc(C)nc32)CC1. The molecule has 24 heavy (non-hydrogen) atoms. The lowest BCUT2D eigenvalue weighted by Crippen LogP contribution is -2.27. The number of rotatable bonds is 3. The van der Waals surface area contributed by atoms with Gasteiger partial charge in [0.05, 0.1) is 18.5 Å². The summed E-state index contributed by atoms with van der Waals surface area (Å²) < 4.78 is 6.54. The van der Waals surface area contributed by atoms with Crippen LogP contribution in [0.15, 0.2) is 16.9 Å². The number of hydrogen-bond acceptors (Lipinski definition) is 4. The van der Waals surface area contributed by atoms with E-state index in [1.54, 1.807) is 4.57 Å². The van der Waals surface area contributed by atoms with E-state index in [-0.39, 0.29) is 17.6 Å². The smallest absolute Gasteiger partial charge is 0.327 e. The first-order valence-corrected chi connectivity index (χ1v) is 8.72. The molecular weight excluding hydrogens is 306 g/mol. The van der Waals surface area contributed by atoms with Gasteiger partial charge in [-0.1, -0.05) is 13.8 Å². The molecule has 0 amide bonds. The number of H-pyrrole nitrogens is 1. The van der Waals surface area contributed by atoms with E-state index in [1.807, 2.05) is 32.9 Å². The number of aryl methyl sites for hydroxylation is 1. The second kappa shape index (κ2) is 8.13. The Hall–Kier alpha value is -2.11. The van der Waals surface area contributed by atoms with Gasteiger partial charge in [0.2, 0.25) is 0 Å². The zero-order valence-electron chi connectivity index (χ0n) is 15.0. The molecule has 2 heterocycles. The minimum absolute atomic E-state index is 0.0151. The molecule has 6 nitrogen and oxygen atoms in total. The molecule has 1 saturated carbocycles. The Morgan fingerprint density at radius 1 is 1.29 bits per heavy atom. The van der Waals surface area contributed by atoms with Crippen molar-refractivity contribution in [3.05, 3.63) is 28.3 Å². The van der Waals surface area contributed by atoms with Crippen molar-refractivity contribution in [3.8, 4) is 0 Å². The van der Waals surface area contributed by atoms with E-state index in [1.165, 1.54) is 7.11 Å². The van der Waals surface area contributed by atoms with E-state index < -0.39 is 0 Å². The summed E-state index contributed by atoms with van der Waals surface area (Å²) in [7, 11) is 1.44. The largest absolute Gasteiger partial charge is 0.469 e. The van der Waals surface area contributed by atoms with Crippen molar-refractivity contribution in [1.29, 1.82) is 0 Å². The lowest BCUT2D eigenvalue weighted by Gasteiger charge is -2.26. The molecule has 6 heteroatoms. The number of esters is 1. The predicted octanol–water partition coefficient (Wildman–Crippen LogP) is 3.04. The minimum Gasteiger partial charge on any atom is -0.469 e. The number of carbonyl (C=O) groups excluding carboxylic acids is 1. The molecule has 1 aliphatic rings. The predicted molar refractivity (Wildman–Crippen MR) is 93.9 cm³/mol. The first kappa shape index (κ1) is 18.2. The number of fused-ring (bicyclic) bond motifs is 1. The average molecular weight is 333 g/mol. The topological polar surface area (TPSA) is 77.0 Å². The summed E-state index contributed by atoms with van der Waals surface area (Å²) in [6, 6.07) is 3.79. The summed E-state index contributed by atoms with van der Waals surface area (Å²) in [6.45, 7) is 6.58. The van der Waals surface area contributed by atoms with Crippen LogP contribution in [0.4, 0.5) is 0 Å². The Balaban J connectivity index is 0.00000100. The van der Waals surface area contributed by atoms with Crippen molar-refractivity contribution in [1.82, 2.24) is 14.5 Å². The third kappa shape index (κ3) is 3.86. The van der Waals surface area contributed by atoms with Crippen LogP contribution in [0, 0.1) is 18.8 Å². The zero-order valence-corrected chi connectivity index (χ0v) is 15.0. The first-order chi connectivity index (χ1) is 11.6. The standard InChI is InChI=1S/C16H21N3O3.C2H6/c1-10-3-8-13-14(17-10)19(16(21)18-13)9-11-4-6-12(7-5-11)15(20)22-2;1-2/h3,8,11-12H,4-7,9H2,1-2H3,(H,18,21);1-2H3. The molecule has 0 saturated heterocycles. The summed E-state index contributed by atoms with van der Waals surface area (Å²) in [5.74, 6) is 0.307. The number of ether oxygens (including phenoxy) is 1. The first-order valence-electron chi connectivity index (χ1n) is 8.72. The van der Waals surface area contributed by atoms with Gasteiger partial charge in [0.1, 0.15) is 0 Å². The van der Waals surface area contributed by atoms with E-state index in [9.17, 15) is 9.59 Å². The molecule has 0 aromatic carbocycles. The van der Waals surface area contributed by atoms with Crippen LogP contribution in [-0.2, 0) is 16.1 Å². The number of nitrogens with one attached hydrogen (secondary N) is 1. The van der Waals surface area contributed by atoms with Crippen molar-refractivity contribution in [2.24, 2.45) is 11.8 Å². The Labute approximate surface area is 142 Å². The van der Waals surface area contributed by atoms with E-state index in [4.69, 9.17) is 4.74 Å². The maximum absolute atomic E-state index is 12.1. The minimum atomic E-state index is -0.111. The number of pyridine rings is 1. The summed E-state index contributed by atoms with van der Waals surface area (Å²) >= 11 is 0. The number of methoxy groups -OCH3 is 1. The molecule has 0 bridgehead atoms. The van der Waals surface area contributed by atoms with Gasteiger partial charge in [-0.25, -0.2) is 9.78 Å². The van der Waals surface area contributed by atoms with Gasteiger partial charge in [0.15, 0.2) is 5.65 Å². The van der Waals surface area contributed by atoms with Gasteiger partial charge in [-0.2, -0.15) is 0 Å². The van der Waals surface area contributed by atoms with Gasteiger partial charge in [0.25, 0.3) is 0 Å². The zero-order chi connectivity index (χ0) is 17.7. The number of imidazole rings is 1. The number of aromatic amines is 1. The summed E-state index contributed by atoms with van der Waals surface area (Å²) in [5, 5.41) is 0. The molecule has 0 spiro atoms. The highest BCUT2D eigenvalue weighted by atomic mass is 16.5.